The van der Waals surface area contributed by atoms with Crippen molar-refractivity contribution < 1.29 is 13.9 Å². The Hall–Kier alpha value is -3.54. The van der Waals surface area contributed by atoms with Gasteiger partial charge in [-0.3, -0.25) is 10.2 Å². The normalized spacial score (nSPS) is 11.0. The molecule has 3 aromatic rings. The number of furan rings is 1. The van der Waals surface area contributed by atoms with E-state index in [-0.39, 0.29) is 18.0 Å². The first kappa shape index (κ1) is 18.3. The maximum Gasteiger partial charge on any atom is 0.228 e. The van der Waals surface area contributed by atoms with Crippen LogP contribution in [-0.2, 0) is 9.53 Å². The second-order valence-corrected chi connectivity index (χ2v) is 5.90. The number of carbonyl (C=O) groups is 1. The predicted molar refractivity (Wildman–Crippen MR) is 107 cm³/mol. The van der Waals surface area contributed by atoms with Crippen LogP contribution in [0.15, 0.2) is 65.3 Å². The molecule has 2 aromatic carbocycles. The van der Waals surface area contributed by atoms with E-state index < -0.39 is 0 Å². The minimum atomic E-state index is -0.183. The van der Waals surface area contributed by atoms with Crippen molar-refractivity contribution in [2.24, 2.45) is 0 Å². The molecule has 0 bridgehead atoms. The largest absolute Gasteiger partial charge is 0.502 e. The van der Waals surface area contributed by atoms with Gasteiger partial charge in [0.1, 0.15) is 11.3 Å². The predicted octanol–water partition coefficient (Wildman–Crippen LogP) is 4.31. The average Bonchev–Trinajstić information content (AvgIpc) is 3.10. The number of nitrogen functional groups attached to an aromatic ring is 1. The number of fused-ring (bicyclic) bond motifs is 1. The lowest BCUT2D eigenvalue weighted by Crippen LogP contribution is -2.12. The third kappa shape index (κ3) is 4.36. The van der Waals surface area contributed by atoms with E-state index in [1.54, 1.807) is 30.3 Å². The second-order valence-electron chi connectivity index (χ2n) is 5.90. The van der Waals surface area contributed by atoms with Crippen molar-refractivity contribution in [3.63, 3.8) is 0 Å². The highest BCUT2D eigenvalue weighted by molar-refractivity contribution is 6.14. The molecule has 4 N–H and O–H groups in total. The van der Waals surface area contributed by atoms with Crippen molar-refractivity contribution in [3.05, 3.63) is 72.2 Å². The summed E-state index contributed by atoms with van der Waals surface area (Å²) in [4.78, 5) is 12.0. The molecule has 1 amide bonds. The quantitative estimate of drug-likeness (QED) is 0.331. The molecule has 3 rings (SSSR count). The van der Waals surface area contributed by atoms with Crippen molar-refractivity contribution >= 4 is 34.0 Å². The molecule has 0 atom stereocenters. The summed E-state index contributed by atoms with van der Waals surface area (Å²) in [5.74, 6) is 0.239. The Balaban J connectivity index is 1.78. The highest BCUT2D eigenvalue weighted by Gasteiger charge is 2.14. The highest BCUT2D eigenvalue weighted by atomic mass is 16.5. The monoisotopic (exact) mass is 363 g/mol. The molecule has 138 valence electrons. The molecule has 0 spiro atoms. The Bertz CT molecular complexity index is 972. The molecular weight excluding hydrogens is 342 g/mol. The summed E-state index contributed by atoms with van der Waals surface area (Å²) < 4.78 is 10.8. The van der Waals surface area contributed by atoms with Crippen LogP contribution in [0.4, 0.5) is 11.4 Å². The van der Waals surface area contributed by atoms with Crippen molar-refractivity contribution in [3.8, 4) is 0 Å². The smallest absolute Gasteiger partial charge is 0.228 e. The van der Waals surface area contributed by atoms with Crippen LogP contribution in [0.3, 0.4) is 0 Å². The Morgan fingerprint density at radius 1 is 1.26 bits per heavy atom. The Kier molecular flexibility index (Phi) is 5.56. The fourth-order valence-corrected chi connectivity index (χ4v) is 2.62. The van der Waals surface area contributed by atoms with E-state index >= 15 is 0 Å². The van der Waals surface area contributed by atoms with E-state index in [1.165, 1.54) is 6.26 Å². The molecule has 0 aliphatic rings. The maximum absolute atomic E-state index is 12.0. The number of nitrogens with two attached hydrogens (primary N) is 1. The lowest BCUT2D eigenvalue weighted by molar-refractivity contribution is -0.115. The summed E-state index contributed by atoms with van der Waals surface area (Å²) in [7, 11) is 0. The van der Waals surface area contributed by atoms with Gasteiger partial charge in [0.2, 0.25) is 5.91 Å². The van der Waals surface area contributed by atoms with E-state index in [0.717, 1.165) is 5.39 Å². The highest BCUT2D eigenvalue weighted by Crippen LogP contribution is 2.25. The summed E-state index contributed by atoms with van der Waals surface area (Å²) in [6.07, 6.45) is 3.35. The number of benzene rings is 2. The van der Waals surface area contributed by atoms with Crippen LogP contribution in [0.25, 0.3) is 11.0 Å². The van der Waals surface area contributed by atoms with Crippen LogP contribution in [0.1, 0.15) is 24.7 Å². The number of ether oxygens (including phenoxy) is 1. The molecule has 1 aromatic heterocycles. The van der Waals surface area contributed by atoms with Gasteiger partial charge in [0.25, 0.3) is 0 Å². The molecule has 6 nitrogen and oxygen atoms in total. The van der Waals surface area contributed by atoms with Crippen LogP contribution in [0.2, 0.25) is 0 Å². The van der Waals surface area contributed by atoms with E-state index in [0.29, 0.717) is 34.9 Å². The van der Waals surface area contributed by atoms with Gasteiger partial charge < -0.3 is 20.2 Å². The standard InChI is InChI=1S/C21H21N3O3/c1-2-26-11-5-8-20(25)24-15-9-10-17(22)16(13-15)21(23)19-12-14-6-3-4-7-18(14)27-19/h3-7,9-13,23H,2,8,22H2,1H3,(H,24,25)/b11-5-,23-21?. The minimum absolute atomic E-state index is 0.163. The first-order valence-electron chi connectivity index (χ1n) is 8.62. The van der Waals surface area contributed by atoms with Crippen molar-refractivity contribution in [1.29, 1.82) is 5.41 Å². The van der Waals surface area contributed by atoms with Crippen molar-refractivity contribution in [1.82, 2.24) is 0 Å². The third-order valence-corrected chi connectivity index (χ3v) is 3.94. The summed E-state index contributed by atoms with van der Waals surface area (Å²) in [6, 6.07) is 14.4. The zero-order valence-corrected chi connectivity index (χ0v) is 15.0. The number of anilines is 2. The third-order valence-electron chi connectivity index (χ3n) is 3.94. The van der Waals surface area contributed by atoms with Gasteiger partial charge in [-0.1, -0.05) is 18.2 Å². The minimum Gasteiger partial charge on any atom is -0.502 e. The van der Waals surface area contributed by atoms with Crippen molar-refractivity contribution in [2.75, 3.05) is 17.7 Å². The molecule has 6 heteroatoms. The van der Waals surface area contributed by atoms with E-state index in [4.69, 9.17) is 20.3 Å². The summed E-state index contributed by atoms with van der Waals surface area (Å²) in [5, 5.41) is 12.2. The first-order chi connectivity index (χ1) is 13.1. The lowest BCUT2D eigenvalue weighted by atomic mass is 10.0. The van der Waals surface area contributed by atoms with Crippen molar-refractivity contribution in [2.45, 2.75) is 13.3 Å². The number of hydrogen-bond acceptors (Lipinski definition) is 5. The number of hydrogen-bond donors (Lipinski definition) is 3. The van der Waals surface area contributed by atoms with Gasteiger partial charge in [-0.05, 0) is 43.3 Å². The fourth-order valence-electron chi connectivity index (χ4n) is 2.62. The van der Waals surface area contributed by atoms with Gasteiger partial charge in [0, 0.05) is 28.7 Å². The average molecular weight is 363 g/mol. The summed E-state index contributed by atoms with van der Waals surface area (Å²) in [5.41, 5.74) is 8.42. The second kappa shape index (κ2) is 8.23. The van der Waals surface area contributed by atoms with Gasteiger partial charge in [0.05, 0.1) is 12.9 Å². The number of amides is 1. The number of nitrogens with one attached hydrogen (secondary N) is 2. The molecule has 0 aliphatic carbocycles. The Labute approximate surface area is 157 Å². The summed E-state index contributed by atoms with van der Waals surface area (Å²) >= 11 is 0. The van der Waals surface area contributed by atoms with Crippen LogP contribution in [0, 0.1) is 5.41 Å². The van der Waals surface area contributed by atoms with Gasteiger partial charge in [-0.25, -0.2) is 0 Å². The number of para-hydroxylation sites is 1. The molecule has 0 unspecified atom stereocenters. The Morgan fingerprint density at radius 2 is 2.07 bits per heavy atom. The number of rotatable bonds is 7. The summed E-state index contributed by atoms with van der Waals surface area (Å²) in [6.45, 7) is 2.43. The molecule has 0 fully saturated rings. The topological polar surface area (TPSA) is 101 Å². The van der Waals surface area contributed by atoms with Gasteiger partial charge in [-0.2, -0.15) is 0 Å². The van der Waals surface area contributed by atoms with Gasteiger partial charge in [0.15, 0.2) is 5.76 Å². The van der Waals surface area contributed by atoms with E-state index in [2.05, 4.69) is 5.32 Å². The van der Waals surface area contributed by atoms with Gasteiger partial charge >= 0.3 is 0 Å². The lowest BCUT2D eigenvalue weighted by Gasteiger charge is -2.09. The first-order valence-corrected chi connectivity index (χ1v) is 8.62. The van der Waals surface area contributed by atoms with E-state index in [1.807, 2.05) is 31.2 Å². The van der Waals surface area contributed by atoms with Crippen LogP contribution in [0.5, 0.6) is 0 Å². The zero-order chi connectivity index (χ0) is 19.2. The number of carbonyl (C=O) groups excluding carboxylic acids is 1. The molecule has 27 heavy (non-hydrogen) atoms. The van der Waals surface area contributed by atoms with Crippen LogP contribution < -0.4 is 11.1 Å². The molecule has 0 radical (unpaired) electrons. The van der Waals surface area contributed by atoms with Crippen LogP contribution in [-0.4, -0.2) is 18.2 Å². The molecule has 0 saturated heterocycles. The molecule has 0 saturated carbocycles. The molecular formula is C21H21N3O3. The SMILES string of the molecule is CCO/C=C\CC(=O)Nc1ccc(N)c(C(=N)c2cc3ccccc3o2)c1. The zero-order valence-electron chi connectivity index (χ0n) is 15.0. The fraction of sp³-hybridized carbons (Fsp3) is 0.143. The molecule has 1 heterocycles. The van der Waals surface area contributed by atoms with Gasteiger partial charge in [-0.15, -0.1) is 0 Å². The van der Waals surface area contributed by atoms with E-state index in [9.17, 15) is 4.79 Å². The molecule has 0 aliphatic heterocycles. The maximum atomic E-state index is 12.0. The van der Waals surface area contributed by atoms with Crippen LogP contribution >= 0.6 is 0 Å². The Morgan fingerprint density at radius 3 is 2.85 bits per heavy atom.